The summed E-state index contributed by atoms with van der Waals surface area (Å²) >= 11 is 0. The molecule has 2 atom stereocenters. The van der Waals surface area contributed by atoms with Gasteiger partial charge in [0.1, 0.15) is 5.82 Å². The van der Waals surface area contributed by atoms with E-state index in [9.17, 15) is 12.8 Å². The number of nitrogens with one attached hydrogen (secondary N) is 2. The lowest BCUT2D eigenvalue weighted by Gasteiger charge is -2.18. The third-order valence-corrected chi connectivity index (χ3v) is 4.44. The molecule has 1 aliphatic heterocycles. The molecule has 19 heavy (non-hydrogen) atoms. The van der Waals surface area contributed by atoms with Gasteiger partial charge in [-0.05, 0) is 17.7 Å². The van der Waals surface area contributed by atoms with E-state index in [1.807, 2.05) is 0 Å². The van der Waals surface area contributed by atoms with Crippen molar-refractivity contribution in [2.45, 2.75) is 17.9 Å². The molecule has 1 heterocycles. The van der Waals surface area contributed by atoms with E-state index in [1.54, 1.807) is 7.11 Å². The van der Waals surface area contributed by atoms with Crippen LogP contribution >= 0.6 is 0 Å². The predicted molar refractivity (Wildman–Crippen MR) is 69.6 cm³/mol. The molecule has 2 rings (SSSR count). The molecule has 1 aliphatic rings. The van der Waals surface area contributed by atoms with E-state index in [-0.39, 0.29) is 23.7 Å². The fourth-order valence-electron chi connectivity index (χ4n) is 2.09. The van der Waals surface area contributed by atoms with Crippen molar-refractivity contribution in [3.63, 3.8) is 0 Å². The highest BCUT2D eigenvalue weighted by Crippen LogP contribution is 2.10. The highest BCUT2D eigenvalue weighted by Gasteiger charge is 2.30. The van der Waals surface area contributed by atoms with Crippen LogP contribution in [0.15, 0.2) is 24.3 Å². The zero-order valence-corrected chi connectivity index (χ0v) is 11.4. The summed E-state index contributed by atoms with van der Waals surface area (Å²) < 4.78 is 44.6. The first kappa shape index (κ1) is 14.4. The van der Waals surface area contributed by atoms with Gasteiger partial charge in [0.2, 0.25) is 10.0 Å². The Labute approximate surface area is 112 Å². The van der Waals surface area contributed by atoms with Crippen LogP contribution in [-0.4, -0.2) is 40.8 Å². The molecule has 0 amide bonds. The first-order valence-corrected chi connectivity index (χ1v) is 7.63. The summed E-state index contributed by atoms with van der Waals surface area (Å²) in [5.41, 5.74) is 0.550. The largest absolute Gasteiger partial charge is 0.378 e. The van der Waals surface area contributed by atoms with Crippen molar-refractivity contribution in [2.75, 3.05) is 20.2 Å². The first-order chi connectivity index (χ1) is 9.00. The number of rotatable bonds is 5. The maximum absolute atomic E-state index is 12.8. The Morgan fingerprint density at radius 1 is 1.37 bits per heavy atom. The van der Waals surface area contributed by atoms with E-state index in [2.05, 4.69) is 10.0 Å². The van der Waals surface area contributed by atoms with Crippen LogP contribution in [0, 0.1) is 5.82 Å². The fraction of sp³-hybridized carbons (Fsp3) is 0.500. The zero-order valence-electron chi connectivity index (χ0n) is 10.6. The van der Waals surface area contributed by atoms with E-state index in [1.165, 1.54) is 24.3 Å². The Kier molecular flexibility index (Phi) is 4.51. The number of sulfonamides is 1. The van der Waals surface area contributed by atoms with Crippen LogP contribution in [-0.2, 0) is 20.5 Å². The smallest absolute Gasteiger partial charge is 0.216 e. The van der Waals surface area contributed by atoms with E-state index in [4.69, 9.17) is 4.74 Å². The lowest BCUT2D eigenvalue weighted by molar-refractivity contribution is 0.103. The molecule has 0 aliphatic carbocycles. The fourth-order valence-corrected chi connectivity index (χ4v) is 3.50. The van der Waals surface area contributed by atoms with Crippen molar-refractivity contribution in [1.82, 2.24) is 10.0 Å². The Morgan fingerprint density at radius 2 is 2.05 bits per heavy atom. The SMILES string of the molecule is CO[C@H]1CNCC1NS(=O)(=O)Cc1ccc(F)cc1. The van der Waals surface area contributed by atoms with Gasteiger partial charge in [-0.1, -0.05) is 12.1 Å². The van der Waals surface area contributed by atoms with Gasteiger partial charge in [0, 0.05) is 20.2 Å². The Hall–Kier alpha value is -1.02. The summed E-state index contributed by atoms with van der Waals surface area (Å²) in [4.78, 5) is 0. The molecule has 106 valence electrons. The molecule has 1 fully saturated rings. The van der Waals surface area contributed by atoms with Crippen LogP contribution in [0.3, 0.4) is 0 Å². The average molecular weight is 288 g/mol. The molecule has 0 spiro atoms. The average Bonchev–Trinajstić information content (AvgIpc) is 2.78. The summed E-state index contributed by atoms with van der Waals surface area (Å²) in [7, 11) is -1.91. The van der Waals surface area contributed by atoms with Gasteiger partial charge in [0.05, 0.1) is 17.9 Å². The molecule has 0 radical (unpaired) electrons. The number of halogens is 1. The lowest BCUT2D eigenvalue weighted by Crippen LogP contribution is -2.43. The number of hydrogen-bond donors (Lipinski definition) is 2. The topological polar surface area (TPSA) is 67.4 Å². The standard InChI is InChI=1S/C12H17FN2O3S/c1-18-12-7-14-6-11(12)15-19(16,17)8-9-2-4-10(13)5-3-9/h2-5,11-12,14-15H,6-8H2,1H3/t11?,12-/m0/s1. The second kappa shape index (κ2) is 5.96. The van der Waals surface area contributed by atoms with Gasteiger partial charge >= 0.3 is 0 Å². The first-order valence-electron chi connectivity index (χ1n) is 5.98. The van der Waals surface area contributed by atoms with Crippen molar-refractivity contribution < 1.29 is 17.5 Å². The predicted octanol–water partition coefficient (Wildman–Crippen LogP) is 0.232. The van der Waals surface area contributed by atoms with Crippen molar-refractivity contribution >= 4 is 10.0 Å². The van der Waals surface area contributed by atoms with E-state index < -0.39 is 10.0 Å². The van der Waals surface area contributed by atoms with Crippen molar-refractivity contribution in [2.24, 2.45) is 0 Å². The molecule has 0 aromatic heterocycles. The second-order valence-electron chi connectivity index (χ2n) is 4.54. The zero-order chi connectivity index (χ0) is 13.9. The molecule has 1 unspecified atom stereocenters. The number of methoxy groups -OCH3 is 1. The third-order valence-electron chi connectivity index (χ3n) is 3.06. The summed E-state index contributed by atoms with van der Waals surface area (Å²) in [5, 5.41) is 3.07. The van der Waals surface area contributed by atoms with Crippen molar-refractivity contribution in [3.05, 3.63) is 35.6 Å². The van der Waals surface area contributed by atoms with Crippen LogP contribution in [0.5, 0.6) is 0 Å². The van der Waals surface area contributed by atoms with Gasteiger partial charge in [-0.2, -0.15) is 0 Å². The monoisotopic (exact) mass is 288 g/mol. The molecule has 7 heteroatoms. The van der Waals surface area contributed by atoms with Crippen LogP contribution < -0.4 is 10.0 Å². The number of ether oxygens (including phenoxy) is 1. The molecule has 1 aromatic carbocycles. The minimum absolute atomic E-state index is 0.164. The minimum atomic E-state index is -3.47. The van der Waals surface area contributed by atoms with Gasteiger partial charge in [0.15, 0.2) is 0 Å². The summed E-state index contributed by atoms with van der Waals surface area (Å²) in [6.45, 7) is 1.17. The molecule has 0 bridgehead atoms. The molecule has 1 saturated heterocycles. The lowest BCUT2D eigenvalue weighted by atomic mass is 10.2. The molecule has 0 saturated carbocycles. The molecule has 5 nitrogen and oxygen atoms in total. The van der Waals surface area contributed by atoms with Gasteiger partial charge in [-0.25, -0.2) is 17.5 Å². The van der Waals surface area contributed by atoms with Crippen LogP contribution in [0.1, 0.15) is 5.56 Å². The Bertz CT molecular complexity index is 518. The van der Waals surface area contributed by atoms with E-state index in [0.29, 0.717) is 18.7 Å². The molecular formula is C12H17FN2O3S. The minimum Gasteiger partial charge on any atom is -0.378 e. The number of benzene rings is 1. The third kappa shape index (κ3) is 3.97. The van der Waals surface area contributed by atoms with Gasteiger partial charge in [-0.3, -0.25) is 0 Å². The van der Waals surface area contributed by atoms with Gasteiger partial charge in [0.25, 0.3) is 0 Å². The summed E-state index contributed by atoms with van der Waals surface area (Å²) in [5.74, 6) is -0.547. The number of hydrogen-bond acceptors (Lipinski definition) is 4. The van der Waals surface area contributed by atoms with Crippen molar-refractivity contribution in [3.8, 4) is 0 Å². The van der Waals surface area contributed by atoms with Crippen LogP contribution in [0.25, 0.3) is 0 Å². The van der Waals surface area contributed by atoms with Crippen molar-refractivity contribution in [1.29, 1.82) is 0 Å². The Morgan fingerprint density at radius 3 is 2.68 bits per heavy atom. The second-order valence-corrected chi connectivity index (χ2v) is 6.30. The molecule has 1 aromatic rings. The molecule has 2 N–H and O–H groups in total. The van der Waals surface area contributed by atoms with Crippen LogP contribution in [0.4, 0.5) is 4.39 Å². The maximum atomic E-state index is 12.8. The highest BCUT2D eigenvalue weighted by atomic mass is 32.2. The summed E-state index contributed by atoms with van der Waals surface area (Å²) in [6, 6.07) is 5.17. The van der Waals surface area contributed by atoms with Crippen LogP contribution in [0.2, 0.25) is 0 Å². The molecular weight excluding hydrogens is 271 g/mol. The highest BCUT2D eigenvalue weighted by molar-refractivity contribution is 7.88. The van der Waals surface area contributed by atoms with Gasteiger partial charge in [-0.15, -0.1) is 0 Å². The van der Waals surface area contributed by atoms with E-state index in [0.717, 1.165) is 0 Å². The normalized spacial score (nSPS) is 23.7. The summed E-state index contributed by atoms with van der Waals surface area (Å²) in [6.07, 6.45) is -0.164. The quantitative estimate of drug-likeness (QED) is 0.814. The Balaban J connectivity index is 2.00. The van der Waals surface area contributed by atoms with Gasteiger partial charge < -0.3 is 10.1 Å². The maximum Gasteiger partial charge on any atom is 0.216 e. The van der Waals surface area contributed by atoms with E-state index >= 15 is 0 Å².